The van der Waals surface area contributed by atoms with Gasteiger partial charge in [-0.25, -0.2) is 4.98 Å². The SMILES string of the molecule is Cc1c(C(=O)Nc2ccccc2O)sc2nc(CN(C)C)[nH]c(=O)c12. The van der Waals surface area contributed by atoms with Crippen molar-refractivity contribution in [3.05, 3.63) is 50.9 Å². The van der Waals surface area contributed by atoms with Crippen molar-refractivity contribution >= 4 is 33.1 Å². The Morgan fingerprint density at radius 2 is 2.08 bits per heavy atom. The number of phenolic OH excluding ortho intramolecular Hbond substituents is 1. The molecule has 7 nitrogen and oxygen atoms in total. The van der Waals surface area contributed by atoms with E-state index in [9.17, 15) is 14.7 Å². The van der Waals surface area contributed by atoms with Gasteiger partial charge in [0.1, 0.15) is 16.4 Å². The van der Waals surface area contributed by atoms with E-state index in [1.54, 1.807) is 25.1 Å². The predicted octanol–water partition coefficient (Wildman–Crippen LogP) is 2.31. The van der Waals surface area contributed by atoms with E-state index in [4.69, 9.17) is 0 Å². The number of phenols is 1. The van der Waals surface area contributed by atoms with E-state index in [0.717, 1.165) is 0 Å². The van der Waals surface area contributed by atoms with Gasteiger partial charge in [-0.05, 0) is 38.7 Å². The van der Waals surface area contributed by atoms with Crippen LogP contribution in [0.3, 0.4) is 0 Å². The number of carbonyl (C=O) groups is 1. The molecule has 0 unspecified atom stereocenters. The molecular formula is C17H18N4O3S. The molecule has 8 heteroatoms. The molecule has 0 aliphatic carbocycles. The number of aromatic hydroxyl groups is 1. The number of aromatic amines is 1. The van der Waals surface area contributed by atoms with Gasteiger partial charge in [-0.2, -0.15) is 0 Å². The van der Waals surface area contributed by atoms with Crippen LogP contribution in [0.5, 0.6) is 5.75 Å². The zero-order valence-corrected chi connectivity index (χ0v) is 14.9. The fraction of sp³-hybridized carbons (Fsp3) is 0.235. The molecule has 0 saturated heterocycles. The zero-order chi connectivity index (χ0) is 18.1. The Labute approximate surface area is 148 Å². The highest BCUT2D eigenvalue weighted by atomic mass is 32.1. The number of hydrogen-bond acceptors (Lipinski definition) is 6. The minimum absolute atomic E-state index is 0.0149. The summed E-state index contributed by atoms with van der Waals surface area (Å²) in [6, 6.07) is 6.49. The molecular weight excluding hydrogens is 340 g/mol. The minimum atomic E-state index is -0.379. The van der Waals surface area contributed by atoms with Crippen LogP contribution in [0.1, 0.15) is 21.1 Å². The van der Waals surface area contributed by atoms with E-state index in [1.165, 1.54) is 17.4 Å². The molecule has 0 radical (unpaired) electrons. The van der Waals surface area contributed by atoms with Gasteiger partial charge >= 0.3 is 0 Å². The van der Waals surface area contributed by atoms with E-state index in [2.05, 4.69) is 15.3 Å². The number of para-hydroxylation sites is 2. The maximum absolute atomic E-state index is 12.6. The van der Waals surface area contributed by atoms with E-state index in [-0.39, 0.29) is 17.2 Å². The van der Waals surface area contributed by atoms with E-state index in [1.807, 2.05) is 19.0 Å². The number of benzene rings is 1. The van der Waals surface area contributed by atoms with Gasteiger partial charge < -0.3 is 20.3 Å². The number of fused-ring (bicyclic) bond motifs is 1. The summed E-state index contributed by atoms with van der Waals surface area (Å²) in [6.45, 7) is 2.22. The first-order valence-electron chi connectivity index (χ1n) is 7.63. The van der Waals surface area contributed by atoms with Gasteiger partial charge in [0.2, 0.25) is 0 Å². The Morgan fingerprint density at radius 1 is 1.36 bits per heavy atom. The summed E-state index contributed by atoms with van der Waals surface area (Å²) in [6.07, 6.45) is 0. The first-order chi connectivity index (χ1) is 11.9. The van der Waals surface area contributed by atoms with Crippen LogP contribution in [-0.2, 0) is 6.54 Å². The molecule has 1 aromatic carbocycles. The first kappa shape index (κ1) is 17.1. The number of H-pyrrole nitrogens is 1. The summed E-state index contributed by atoms with van der Waals surface area (Å²) in [5.41, 5.74) is 0.648. The Balaban J connectivity index is 2.01. The lowest BCUT2D eigenvalue weighted by Gasteiger charge is -2.07. The van der Waals surface area contributed by atoms with Crippen molar-refractivity contribution in [1.82, 2.24) is 14.9 Å². The van der Waals surface area contributed by atoms with Crippen LogP contribution in [-0.4, -0.2) is 40.0 Å². The number of carbonyl (C=O) groups excluding carboxylic acids is 1. The Kier molecular flexibility index (Phi) is 4.56. The van der Waals surface area contributed by atoms with Gasteiger partial charge in [0.15, 0.2) is 0 Å². The van der Waals surface area contributed by atoms with Crippen LogP contribution < -0.4 is 10.9 Å². The molecule has 1 amide bonds. The number of thiophene rings is 1. The smallest absolute Gasteiger partial charge is 0.266 e. The first-order valence-corrected chi connectivity index (χ1v) is 8.45. The lowest BCUT2D eigenvalue weighted by Crippen LogP contribution is -2.18. The monoisotopic (exact) mass is 358 g/mol. The normalized spacial score (nSPS) is 11.2. The van der Waals surface area contributed by atoms with Crippen molar-refractivity contribution in [2.75, 3.05) is 19.4 Å². The molecule has 3 rings (SSSR count). The van der Waals surface area contributed by atoms with Crippen LogP contribution in [0.2, 0.25) is 0 Å². The lowest BCUT2D eigenvalue weighted by atomic mass is 10.2. The van der Waals surface area contributed by atoms with E-state index >= 15 is 0 Å². The quantitative estimate of drug-likeness (QED) is 0.622. The van der Waals surface area contributed by atoms with Crippen molar-refractivity contribution in [2.45, 2.75) is 13.5 Å². The third-order valence-corrected chi connectivity index (χ3v) is 4.86. The van der Waals surface area contributed by atoms with Gasteiger partial charge in [-0.3, -0.25) is 9.59 Å². The van der Waals surface area contributed by atoms with Crippen molar-refractivity contribution in [2.24, 2.45) is 0 Å². The molecule has 0 spiro atoms. The fourth-order valence-electron chi connectivity index (χ4n) is 2.54. The third-order valence-electron chi connectivity index (χ3n) is 3.67. The molecule has 0 fully saturated rings. The second-order valence-corrected chi connectivity index (χ2v) is 6.96. The minimum Gasteiger partial charge on any atom is -0.506 e. The molecule has 25 heavy (non-hydrogen) atoms. The van der Waals surface area contributed by atoms with Gasteiger partial charge in [-0.1, -0.05) is 12.1 Å². The van der Waals surface area contributed by atoms with Crippen LogP contribution in [0.15, 0.2) is 29.1 Å². The highest BCUT2D eigenvalue weighted by Crippen LogP contribution is 2.29. The van der Waals surface area contributed by atoms with Crippen molar-refractivity contribution in [3.63, 3.8) is 0 Å². The van der Waals surface area contributed by atoms with Gasteiger partial charge in [0.25, 0.3) is 11.5 Å². The highest BCUT2D eigenvalue weighted by molar-refractivity contribution is 7.20. The standard InChI is InChI=1S/C17H18N4O3S/c1-9-13-15(23)19-12(8-21(2)3)20-17(13)25-14(9)16(24)18-10-6-4-5-7-11(10)22/h4-7,22H,8H2,1-3H3,(H,18,24)(H,19,20,23). The molecule has 3 aromatic rings. The number of aryl methyl sites for hydroxylation is 1. The third kappa shape index (κ3) is 3.40. The maximum Gasteiger partial charge on any atom is 0.266 e. The zero-order valence-electron chi connectivity index (χ0n) is 14.1. The average molecular weight is 358 g/mol. The molecule has 130 valence electrons. The summed E-state index contributed by atoms with van der Waals surface area (Å²) in [7, 11) is 3.77. The molecule has 2 aromatic heterocycles. The fourth-order valence-corrected chi connectivity index (χ4v) is 3.63. The number of amides is 1. The maximum atomic E-state index is 12.6. The van der Waals surface area contributed by atoms with Crippen LogP contribution in [0.4, 0.5) is 5.69 Å². The highest BCUT2D eigenvalue weighted by Gasteiger charge is 2.20. The number of aromatic nitrogens is 2. The summed E-state index contributed by atoms with van der Waals surface area (Å²) in [5.74, 6) is 0.158. The van der Waals surface area contributed by atoms with Gasteiger partial charge in [0.05, 0.1) is 22.5 Å². The summed E-state index contributed by atoms with van der Waals surface area (Å²) in [5, 5.41) is 12.9. The number of nitrogens with one attached hydrogen (secondary N) is 2. The van der Waals surface area contributed by atoms with E-state index in [0.29, 0.717) is 38.7 Å². The lowest BCUT2D eigenvalue weighted by molar-refractivity contribution is 0.102. The number of rotatable bonds is 4. The topological polar surface area (TPSA) is 98.3 Å². The summed E-state index contributed by atoms with van der Waals surface area (Å²) in [4.78, 5) is 35.0. The van der Waals surface area contributed by atoms with Crippen LogP contribution in [0, 0.1) is 6.92 Å². The van der Waals surface area contributed by atoms with Crippen molar-refractivity contribution in [1.29, 1.82) is 0 Å². The molecule has 3 N–H and O–H groups in total. The van der Waals surface area contributed by atoms with Gasteiger partial charge in [0, 0.05) is 0 Å². The number of nitrogens with zero attached hydrogens (tertiary/aromatic N) is 2. The second kappa shape index (κ2) is 6.66. The molecule has 0 aliphatic rings. The Bertz CT molecular complexity index is 1010. The number of anilines is 1. The van der Waals surface area contributed by atoms with Crippen LogP contribution >= 0.6 is 11.3 Å². The molecule has 0 bridgehead atoms. The van der Waals surface area contributed by atoms with Gasteiger partial charge in [-0.15, -0.1) is 11.3 Å². The molecule has 0 aliphatic heterocycles. The molecule has 0 saturated carbocycles. The number of hydrogen-bond donors (Lipinski definition) is 3. The summed E-state index contributed by atoms with van der Waals surface area (Å²) < 4.78 is 0. The van der Waals surface area contributed by atoms with Crippen molar-refractivity contribution in [3.8, 4) is 5.75 Å². The largest absolute Gasteiger partial charge is 0.506 e. The Hall–Kier alpha value is -2.71. The molecule has 0 atom stereocenters. The molecule has 2 heterocycles. The van der Waals surface area contributed by atoms with E-state index < -0.39 is 0 Å². The average Bonchev–Trinajstić information content (AvgIpc) is 2.86. The predicted molar refractivity (Wildman–Crippen MR) is 98.4 cm³/mol. The second-order valence-electron chi connectivity index (χ2n) is 5.96. The van der Waals surface area contributed by atoms with Crippen LogP contribution in [0.25, 0.3) is 10.2 Å². The van der Waals surface area contributed by atoms with Crippen molar-refractivity contribution < 1.29 is 9.90 Å². The summed E-state index contributed by atoms with van der Waals surface area (Å²) >= 11 is 1.17. The Morgan fingerprint density at radius 3 is 2.76 bits per heavy atom.